The van der Waals surface area contributed by atoms with Gasteiger partial charge in [-0.2, -0.15) is 0 Å². The number of amides is 2. The summed E-state index contributed by atoms with van der Waals surface area (Å²) in [6, 6.07) is 13.6. The Labute approximate surface area is 212 Å². The second-order valence-corrected chi connectivity index (χ2v) is 11.5. The second kappa shape index (κ2) is 9.84. The molecule has 36 heavy (non-hydrogen) atoms. The predicted molar refractivity (Wildman–Crippen MR) is 137 cm³/mol. The second-order valence-electron chi connectivity index (χ2n) is 9.54. The van der Waals surface area contributed by atoms with Crippen molar-refractivity contribution in [1.82, 2.24) is 9.62 Å². The van der Waals surface area contributed by atoms with Gasteiger partial charge in [-0.15, -0.1) is 4.31 Å². The van der Waals surface area contributed by atoms with Gasteiger partial charge in [-0.25, -0.2) is 4.79 Å². The van der Waals surface area contributed by atoms with E-state index in [1.54, 1.807) is 36.3 Å². The molecule has 9 nitrogen and oxygen atoms in total. The maximum atomic E-state index is 13.8. The minimum atomic E-state index is -3.84. The fraction of sp³-hybridized carbons (Fsp3) is 0.462. The Morgan fingerprint density at radius 3 is 2.47 bits per heavy atom. The van der Waals surface area contributed by atoms with Crippen LogP contribution in [0, 0.1) is 0 Å². The normalized spacial score (nSPS) is 25.8. The standard InChI is InChI=1S/C26H32N4O5S/c1-34-21-11-5-10-20(16-21)30-25(31)28-24(27-19-8-3-4-9-19)26(30)14-7-15-29(18-26)36(32,33)23-13-6-12-22(17-23)35-2/h5-6,10-13,16-17,19H,3-4,7-9,14-15,18H2,1-2H3,(H-,27,28,31,32,33). The van der Waals surface area contributed by atoms with Crippen molar-refractivity contribution in [2.75, 3.05) is 32.2 Å². The van der Waals surface area contributed by atoms with Gasteiger partial charge in [0.05, 0.1) is 32.5 Å². The van der Waals surface area contributed by atoms with Gasteiger partial charge >= 0.3 is 6.03 Å². The lowest BCUT2D eigenvalue weighted by molar-refractivity contribution is 0.236. The zero-order valence-electron chi connectivity index (χ0n) is 20.6. The minimum Gasteiger partial charge on any atom is -0.593 e. The Bertz CT molecular complexity index is 1210. The molecule has 1 N–H and O–H groups in total. The van der Waals surface area contributed by atoms with Crippen LogP contribution in [0.5, 0.6) is 11.5 Å². The Hall–Kier alpha value is -2.95. The zero-order chi connectivity index (χ0) is 25.3. The molecule has 1 saturated carbocycles. The highest BCUT2D eigenvalue weighted by Gasteiger charge is 2.56. The van der Waals surface area contributed by atoms with Crippen LogP contribution in [0.3, 0.4) is 0 Å². The first-order valence-corrected chi connectivity index (χ1v) is 13.8. The van der Waals surface area contributed by atoms with E-state index >= 15 is 0 Å². The first-order valence-electron chi connectivity index (χ1n) is 12.4. The van der Waals surface area contributed by atoms with Gasteiger partial charge in [0.2, 0.25) is 0 Å². The third-order valence-electron chi connectivity index (χ3n) is 7.36. The van der Waals surface area contributed by atoms with Crippen LogP contribution in [0.4, 0.5) is 10.5 Å². The van der Waals surface area contributed by atoms with Gasteiger partial charge in [-0.1, -0.05) is 29.2 Å². The molecule has 2 amide bonds. The van der Waals surface area contributed by atoms with Crippen molar-refractivity contribution >= 4 is 28.0 Å². The average molecular weight is 513 g/mol. The number of piperidine rings is 1. The van der Waals surface area contributed by atoms with E-state index in [4.69, 9.17) is 14.5 Å². The summed E-state index contributed by atoms with van der Waals surface area (Å²) in [6.07, 6.45) is 5.35. The van der Waals surface area contributed by atoms with E-state index in [0.717, 1.165) is 25.7 Å². The van der Waals surface area contributed by atoms with Crippen LogP contribution in [0.1, 0.15) is 38.5 Å². The van der Waals surface area contributed by atoms with Crippen LogP contribution in [0.25, 0.3) is 0 Å². The van der Waals surface area contributed by atoms with Gasteiger partial charge in [0.15, 0.2) is 15.3 Å². The van der Waals surface area contributed by atoms with Gasteiger partial charge in [-0.05, 0) is 49.9 Å². The maximum Gasteiger partial charge on any atom is 0.328 e. The molecule has 2 unspecified atom stereocenters. The molecular formula is C26H32N4O5S. The number of carbonyl (C=O) groups excluding carboxylic acids is 1. The molecule has 2 aromatic rings. The smallest absolute Gasteiger partial charge is 0.328 e. The van der Waals surface area contributed by atoms with E-state index in [1.807, 2.05) is 18.2 Å². The number of carbonyl (C=O) groups is 1. The summed E-state index contributed by atoms with van der Waals surface area (Å²) in [5.41, 5.74) is -0.292. The number of methoxy groups -OCH3 is 2. The number of hydrogen-bond donors (Lipinski definition) is 1. The van der Waals surface area contributed by atoms with Crippen LogP contribution < -0.4 is 19.7 Å². The van der Waals surface area contributed by atoms with Gasteiger partial charge in [0.1, 0.15) is 22.9 Å². The molecule has 2 saturated heterocycles. The molecule has 0 bridgehead atoms. The van der Waals surface area contributed by atoms with Crippen LogP contribution in [0.15, 0.2) is 58.4 Å². The molecular weight excluding hydrogens is 480 g/mol. The van der Waals surface area contributed by atoms with Crippen molar-refractivity contribution in [3.8, 4) is 11.5 Å². The number of nitrogens with zero attached hydrogens (tertiary/aromatic N) is 3. The maximum absolute atomic E-state index is 13.8. The number of amidine groups is 1. The van der Waals surface area contributed by atoms with Gasteiger partial charge in [0, 0.05) is 18.7 Å². The Morgan fingerprint density at radius 2 is 1.75 bits per heavy atom. The fourth-order valence-electron chi connectivity index (χ4n) is 5.55. The summed E-state index contributed by atoms with van der Waals surface area (Å²) < 4.78 is 39.7. The largest absolute Gasteiger partial charge is 0.593 e. The van der Waals surface area contributed by atoms with Crippen molar-refractivity contribution in [2.24, 2.45) is 4.99 Å². The number of aliphatic imine (C=N–C) groups is 1. The predicted octanol–water partition coefficient (Wildman–Crippen LogP) is 4.01. The third-order valence-corrected chi connectivity index (χ3v) is 9.20. The number of urea groups is 1. The van der Waals surface area contributed by atoms with E-state index < -0.39 is 15.9 Å². The van der Waals surface area contributed by atoms with Crippen LogP contribution in [-0.2, 0) is 14.6 Å². The molecule has 1 spiro atoms. The highest BCUT2D eigenvalue weighted by Crippen LogP contribution is 2.41. The van der Waals surface area contributed by atoms with Gasteiger partial charge < -0.3 is 14.0 Å². The quantitative estimate of drug-likeness (QED) is 0.589. The van der Waals surface area contributed by atoms with Crippen molar-refractivity contribution < 1.29 is 23.0 Å². The van der Waals surface area contributed by atoms with Crippen LogP contribution in [-0.4, -0.2) is 59.6 Å². The Kier molecular flexibility index (Phi) is 6.76. The zero-order valence-corrected chi connectivity index (χ0v) is 21.5. The highest BCUT2D eigenvalue weighted by molar-refractivity contribution is 7.95. The number of hydrogen-bond acceptors (Lipinski definition) is 6. The molecule has 2 aliphatic heterocycles. The first-order chi connectivity index (χ1) is 17.4. The number of ether oxygens (including phenoxy) is 2. The first kappa shape index (κ1) is 24.7. The molecule has 2 aromatic carbocycles. The number of sulfonamides is 1. The van der Waals surface area contributed by atoms with E-state index in [1.165, 1.54) is 17.5 Å². The van der Waals surface area contributed by atoms with Crippen molar-refractivity contribution in [1.29, 1.82) is 0 Å². The lowest BCUT2D eigenvalue weighted by Crippen LogP contribution is -2.62. The molecule has 10 heteroatoms. The SMILES string of the molecule is COc1cccc(N2C(=O)NC(=NC3CCCC3)C23CCCN([S+](=O)([O-])c2cccc(OC)c2)C3)c1. The van der Waals surface area contributed by atoms with Crippen molar-refractivity contribution in [2.45, 2.75) is 55.0 Å². The van der Waals surface area contributed by atoms with Gasteiger partial charge in [0.25, 0.3) is 0 Å². The summed E-state index contributed by atoms with van der Waals surface area (Å²) >= 11 is 0. The lowest BCUT2D eigenvalue weighted by Gasteiger charge is -2.44. The number of nitrogens with one attached hydrogen (secondary N) is 1. The topological polar surface area (TPSA) is 107 Å². The molecule has 3 aliphatic rings. The molecule has 2 heterocycles. The molecule has 192 valence electrons. The summed E-state index contributed by atoms with van der Waals surface area (Å²) in [5.74, 6) is 1.66. The number of rotatable bonds is 6. The minimum absolute atomic E-state index is 0.105. The highest BCUT2D eigenvalue weighted by atomic mass is 32.3. The average Bonchev–Trinajstić information content (AvgIpc) is 3.50. The van der Waals surface area contributed by atoms with E-state index in [-0.39, 0.29) is 23.5 Å². The lowest BCUT2D eigenvalue weighted by atomic mass is 9.87. The molecule has 0 aromatic heterocycles. The van der Waals surface area contributed by atoms with Gasteiger partial charge in [-0.3, -0.25) is 15.2 Å². The molecule has 3 fully saturated rings. The Morgan fingerprint density at radius 1 is 1.06 bits per heavy atom. The van der Waals surface area contributed by atoms with E-state index in [9.17, 15) is 13.6 Å². The number of benzene rings is 2. The molecule has 1 aliphatic carbocycles. The van der Waals surface area contributed by atoms with Crippen molar-refractivity contribution in [3.63, 3.8) is 0 Å². The summed E-state index contributed by atoms with van der Waals surface area (Å²) in [7, 11) is -0.749. The van der Waals surface area contributed by atoms with Crippen LogP contribution in [0.2, 0.25) is 0 Å². The molecule has 0 radical (unpaired) electrons. The Balaban J connectivity index is 1.58. The summed E-state index contributed by atoms with van der Waals surface area (Å²) in [6.45, 7) is 0.464. The molecule has 5 rings (SSSR count). The fourth-order valence-corrected chi connectivity index (χ4v) is 7.11. The monoisotopic (exact) mass is 512 g/mol. The number of anilines is 1. The third kappa shape index (κ3) is 4.38. The summed E-state index contributed by atoms with van der Waals surface area (Å²) in [4.78, 5) is 20.3. The summed E-state index contributed by atoms with van der Waals surface area (Å²) in [5, 5.41) is 3.01. The van der Waals surface area contributed by atoms with Crippen LogP contribution >= 0.6 is 0 Å². The molecule has 2 atom stereocenters. The van der Waals surface area contributed by atoms with E-state index in [0.29, 0.717) is 42.4 Å². The van der Waals surface area contributed by atoms with E-state index in [2.05, 4.69) is 5.32 Å². The van der Waals surface area contributed by atoms with Crippen molar-refractivity contribution in [3.05, 3.63) is 48.5 Å².